The maximum absolute atomic E-state index is 12.1. The van der Waals surface area contributed by atoms with E-state index in [0.717, 1.165) is 35.8 Å². The average Bonchev–Trinajstić information content (AvgIpc) is 3.41. The Balaban J connectivity index is 1.41. The molecule has 152 valence electrons. The van der Waals surface area contributed by atoms with Crippen LogP contribution >= 0.6 is 11.8 Å². The highest BCUT2D eigenvalue weighted by Gasteiger charge is 2.16. The second kappa shape index (κ2) is 9.23. The number of aromatic nitrogens is 4. The normalized spacial score (nSPS) is 16.2. The first-order valence-electron chi connectivity index (χ1n) is 9.69. The van der Waals surface area contributed by atoms with E-state index in [1.807, 2.05) is 43.3 Å². The van der Waals surface area contributed by atoms with Crippen LogP contribution < -0.4 is 10.1 Å². The summed E-state index contributed by atoms with van der Waals surface area (Å²) in [6, 6.07) is 11.4. The third kappa shape index (κ3) is 4.86. The maximum Gasteiger partial charge on any atom is 0.230 e. The summed E-state index contributed by atoms with van der Waals surface area (Å²) in [6.45, 7) is 3.93. The quantitative estimate of drug-likeness (QED) is 0.568. The molecule has 2 aromatic heterocycles. The molecule has 4 rings (SSSR count). The van der Waals surface area contributed by atoms with Crippen LogP contribution in [0.25, 0.3) is 17.0 Å². The van der Waals surface area contributed by atoms with Crippen LogP contribution in [0.4, 0.5) is 0 Å². The SMILES string of the molecule is CCOc1ccc(-c2nnc3ccc(SCC(=O)NCC4CCCO4)nn23)cc1. The van der Waals surface area contributed by atoms with Crippen molar-refractivity contribution in [2.24, 2.45) is 0 Å². The van der Waals surface area contributed by atoms with Crippen LogP contribution in [0.2, 0.25) is 0 Å². The first-order chi connectivity index (χ1) is 14.2. The minimum atomic E-state index is -0.0251. The molecular weight excluding hydrogens is 390 g/mol. The fraction of sp³-hybridized carbons (Fsp3) is 0.400. The smallest absolute Gasteiger partial charge is 0.230 e. The van der Waals surface area contributed by atoms with Gasteiger partial charge in [0.25, 0.3) is 0 Å². The summed E-state index contributed by atoms with van der Waals surface area (Å²) in [6.07, 6.45) is 2.22. The molecule has 1 amide bonds. The summed E-state index contributed by atoms with van der Waals surface area (Å²) >= 11 is 1.38. The van der Waals surface area contributed by atoms with Gasteiger partial charge in [-0.1, -0.05) is 11.8 Å². The highest BCUT2D eigenvalue weighted by Crippen LogP contribution is 2.23. The Kier molecular flexibility index (Phi) is 6.26. The molecule has 1 aliphatic heterocycles. The Labute approximate surface area is 173 Å². The highest BCUT2D eigenvalue weighted by molar-refractivity contribution is 7.99. The molecule has 1 fully saturated rings. The summed E-state index contributed by atoms with van der Waals surface area (Å²) in [5.74, 6) is 1.73. The number of hydrogen-bond acceptors (Lipinski definition) is 7. The van der Waals surface area contributed by atoms with E-state index in [-0.39, 0.29) is 12.0 Å². The van der Waals surface area contributed by atoms with Crippen LogP contribution in [-0.4, -0.2) is 57.3 Å². The topological polar surface area (TPSA) is 90.6 Å². The van der Waals surface area contributed by atoms with Crippen molar-refractivity contribution in [1.82, 2.24) is 25.1 Å². The van der Waals surface area contributed by atoms with E-state index >= 15 is 0 Å². The predicted octanol–water partition coefficient (Wildman–Crippen LogP) is 2.58. The number of nitrogens with zero attached hydrogens (tertiary/aromatic N) is 4. The van der Waals surface area contributed by atoms with E-state index in [9.17, 15) is 4.79 Å². The standard InChI is InChI=1S/C20H23N5O3S/c1-2-27-15-7-5-14(6-8-15)20-23-22-17-9-10-19(24-25(17)20)29-13-18(26)21-12-16-4-3-11-28-16/h5-10,16H,2-4,11-13H2,1H3,(H,21,26). The van der Waals surface area contributed by atoms with E-state index in [1.165, 1.54) is 11.8 Å². The van der Waals surface area contributed by atoms with Crippen molar-refractivity contribution in [3.05, 3.63) is 36.4 Å². The maximum atomic E-state index is 12.1. The zero-order valence-electron chi connectivity index (χ0n) is 16.2. The van der Waals surface area contributed by atoms with Gasteiger partial charge in [-0.2, -0.15) is 9.61 Å². The second-order valence-corrected chi connectivity index (χ2v) is 7.65. The van der Waals surface area contributed by atoms with Crippen molar-refractivity contribution in [3.63, 3.8) is 0 Å². The van der Waals surface area contributed by atoms with Crippen LogP contribution in [0.1, 0.15) is 19.8 Å². The van der Waals surface area contributed by atoms with E-state index in [4.69, 9.17) is 9.47 Å². The van der Waals surface area contributed by atoms with Crippen molar-refractivity contribution in [2.75, 3.05) is 25.5 Å². The lowest BCUT2D eigenvalue weighted by atomic mass is 10.2. The fourth-order valence-electron chi connectivity index (χ4n) is 3.12. The number of benzene rings is 1. The molecule has 0 saturated carbocycles. The lowest BCUT2D eigenvalue weighted by molar-refractivity contribution is -0.119. The third-order valence-corrected chi connectivity index (χ3v) is 5.48. The Bertz CT molecular complexity index is 970. The van der Waals surface area contributed by atoms with Crippen LogP contribution in [0.5, 0.6) is 5.75 Å². The lowest BCUT2D eigenvalue weighted by Crippen LogP contribution is -2.32. The molecule has 1 aromatic carbocycles. The summed E-state index contributed by atoms with van der Waals surface area (Å²) in [5.41, 5.74) is 1.55. The van der Waals surface area contributed by atoms with Gasteiger partial charge in [0.1, 0.15) is 10.8 Å². The van der Waals surface area contributed by atoms with Gasteiger partial charge in [-0.15, -0.1) is 10.2 Å². The number of carbonyl (C=O) groups excluding carboxylic acids is 1. The van der Waals surface area contributed by atoms with Crippen molar-refractivity contribution in [3.8, 4) is 17.1 Å². The monoisotopic (exact) mass is 413 g/mol. The Morgan fingerprint density at radius 2 is 2.14 bits per heavy atom. The molecule has 29 heavy (non-hydrogen) atoms. The molecule has 0 spiro atoms. The van der Waals surface area contributed by atoms with E-state index < -0.39 is 0 Å². The minimum absolute atomic E-state index is 0.0251. The number of fused-ring (bicyclic) bond motifs is 1. The lowest BCUT2D eigenvalue weighted by Gasteiger charge is -2.10. The van der Waals surface area contributed by atoms with Crippen molar-refractivity contribution < 1.29 is 14.3 Å². The van der Waals surface area contributed by atoms with Gasteiger partial charge in [0, 0.05) is 18.7 Å². The predicted molar refractivity (Wildman–Crippen MR) is 110 cm³/mol. The molecule has 0 radical (unpaired) electrons. The van der Waals surface area contributed by atoms with E-state index in [0.29, 0.717) is 30.4 Å². The number of hydrogen-bond donors (Lipinski definition) is 1. The molecule has 3 heterocycles. The molecule has 9 heteroatoms. The van der Waals surface area contributed by atoms with Crippen molar-refractivity contribution in [1.29, 1.82) is 0 Å². The third-order valence-electron chi connectivity index (χ3n) is 4.56. The van der Waals surface area contributed by atoms with Gasteiger partial charge in [0.15, 0.2) is 11.5 Å². The Morgan fingerprint density at radius 1 is 1.28 bits per heavy atom. The summed E-state index contributed by atoms with van der Waals surface area (Å²) < 4.78 is 12.7. The van der Waals surface area contributed by atoms with E-state index in [2.05, 4.69) is 20.6 Å². The number of nitrogens with one attached hydrogen (secondary N) is 1. The van der Waals surface area contributed by atoms with Gasteiger partial charge < -0.3 is 14.8 Å². The van der Waals surface area contributed by atoms with Gasteiger partial charge in [-0.25, -0.2) is 0 Å². The fourth-order valence-corrected chi connectivity index (χ4v) is 3.80. The molecule has 1 aliphatic rings. The van der Waals surface area contributed by atoms with Crippen LogP contribution in [-0.2, 0) is 9.53 Å². The average molecular weight is 414 g/mol. The first-order valence-corrected chi connectivity index (χ1v) is 10.7. The minimum Gasteiger partial charge on any atom is -0.494 e. The Hall–Kier alpha value is -2.65. The molecule has 1 atom stereocenters. The molecule has 1 N–H and O–H groups in total. The molecular formula is C20H23N5O3S. The molecule has 8 nitrogen and oxygen atoms in total. The van der Waals surface area contributed by atoms with Gasteiger partial charge in [0.05, 0.1) is 18.5 Å². The van der Waals surface area contributed by atoms with Gasteiger partial charge in [-0.05, 0) is 56.2 Å². The van der Waals surface area contributed by atoms with Gasteiger partial charge in [-0.3, -0.25) is 4.79 Å². The molecule has 1 saturated heterocycles. The number of rotatable bonds is 8. The van der Waals surface area contributed by atoms with Crippen LogP contribution in [0.3, 0.4) is 0 Å². The number of carbonyl (C=O) groups is 1. The van der Waals surface area contributed by atoms with Crippen LogP contribution in [0, 0.1) is 0 Å². The Morgan fingerprint density at radius 3 is 2.90 bits per heavy atom. The zero-order chi connectivity index (χ0) is 20.1. The summed E-state index contributed by atoms with van der Waals surface area (Å²) in [5, 5.41) is 16.7. The van der Waals surface area contributed by atoms with Gasteiger partial charge >= 0.3 is 0 Å². The zero-order valence-corrected chi connectivity index (χ0v) is 17.0. The highest BCUT2D eigenvalue weighted by atomic mass is 32.2. The summed E-state index contributed by atoms with van der Waals surface area (Å²) in [4.78, 5) is 12.1. The van der Waals surface area contributed by atoms with Crippen molar-refractivity contribution >= 4 is 23.3 Å². The number of amides is 1. The largest absolute Gasteiger partial charge is 0.494 e. The molecule has 0 aliphatic carbocycles. The van der Waals surface area contributed by atoms with Crippen LogP contribution in [0.15, 0.2) is 41.4 Å². The number of ether oxygens (including phenoxy) is 2. The van der Waals surface area contributed by atoms with Crippen molar-refractivity contribution in [2.45, 2.75) is 30.9 Å². The second-order valence-electron chi connectivity index (χ2n) is 6.65. The molecule has 0 bridgehead atoms. The summed E-state index contributed by atoms with van der Waals surface area (Å²) in [7, 11) is 0. The molecule has 1 unspecified atom stereocenters. The molecule has 3 aromatic rings. The van der Waals surface area contributed by atoms with E-state index in [1.54, 1.807) is 4.52 Å². The first kappa shape index (κ1) is 19.7. The number of thioether (sulfide) groups is 1. The van der Waals surface area contributed by atoms with Gasteiger partial charge in [0.2, 0.25) is 5.91 Å².